The zero-order valence-electron chi connectivity index (χ0n) is 5.15. The van der Waals surface area contributed by atoms with Crippen LogP contribution in [-0.2, 0) is 0 Å². The Morgan fingerprint density at radius 2 is 1.00 bits per heavy atom. The van der Waals surface area contributed by atoms with E-state index in [-0.39, 0.29) is 33.8 Å². The van der Waals surface area contributed by atoms with E-state index in [0.717, 1.165) is 0 Å². The first-order chi connectivity index (χ1) is 1.73. The molecule has 0 rings (SSSR count). The molecule has 0 radical (unpaired) electrons. The fraction of sp³-hybridized carbons (Fsp3) is 1.00. The van der Waals surface area contributed by atoms with E-state index >= 15 is 0 Å². The third-order valence-corrected chi connectivity index (χ3v) is 0. The minimum atomic E-state index is -0.139. The Labute approximate surface area is 53.9 Å². The van der Waals surface area contributed by atoms with Gasteiger partial charge in [0.1, 0.15) is 0 Å². The number of nitrogens with two attached hydrogens (primary N) is 1. The monoisotopic (exact) mass is 97.1 g/mol. The van der Waals surface area contributed by atoms with Crippen molar-refractivity contribution in [3.8, 4) is 0 Å². The van der Waals surface area contributed by atoms with Gasteiger partial charge in [0.15, 0.2) is 0 Å². The maximum absolute atomic E-state index is 2.31. The third kappa shape index (κ3) is 113. The minimum Gasteiger partial charge on any atom is -0.693 e. The van der Waals surface area contributed by atoms with Gasteiger partial charge in [-0.2, -0.15) is 0 Å². The Morgan fingerprint density at radius 1 is 1.00 bits per heavy atom. The summed E-state index contributed by atoms with van der Waals surface area (Å²) in [6, 6.07) is 0. The molecule has 0 bridgehead atoms. The van der Waals surface area contributed by atoms with E-state index in [9.17, 15) is 0 Å². The first-order valence-electron chi connectivity index (χ1n) is 1.73. The van der Waals surface area contributed by atoms with Crippen molar-refractivity contribution in [3.63, 3.8) is 0 Å². The molecule has 0 atom stereocenters. The van der Waals surface area contributed by atoms with Crippen LogP contribution in [0.2, 0.25) is 19.6 Å². The zero-order chi connectivity index (χ0) is 3.58. The van der Waals surface area contributed by atoms with Crippen LogP contribution in [0.5, 0.6) is 0 Å². The first kappa shape index (κ1) is 15.9. The summed E-state index contributed by atoms with van der Waals surface area (Å²) in [5.74, 6) is 0. The van der Waals surface area contributed by atoms with Gasteiger partial charge in [-0.3, -0.25) is 0 Å². The largest absolute Gasteiger partial charge is 1.00 e. The molecule has 34 valence electrons. The SMILES string of the molecule is C[SiH](C)C.[Li+].[NH2-]. The Hall–Kier alpha value is 0.774. The normalized spacial score (nSPS) is 6.00. The van der Waals surface area contributed by atoms with Crippen LogP contribution in [0, 0.1) is 0 Å². The molecule has 0 fully saturated rings. The Bertz CT molecular complexity index is 15.5. The van der Waals surface area contributed by atoms with Gasteiger partial charge < -0.3 is 6.15 Å². The summed E-state index contributed by atoms with van der Waals surface area (Å²) in [6.45, 7) is 6.92. The molecule has 0 aromatic carbocycles. The molecule has 6 heavy (non-hydrogen) atoms. The summed E-state index contributed by atoms with van der Waals surface area (Å²) in [6.07, 6.45) is 0. The molecule has 0 aliphatic carbocycles. The molecular weight excluding hydrogens is 85.1 g/mol. The summed E-state index contributed by atoms with van der Waals surface area (Å²) in [5.41, 5.74) is 0. The molecule has 0 saturated heterocycles. The molecule has 2 N–H and O–H groups in total. The number of hydrogen-bond donors (Lipinski definition) is 0. The zero-order valence-corrected chi connectivity index (χ0v) is 6.31. The summed E-state index contributed by atoms with van der Waals surface area (Å²) in [4.78, 5) is 0. The van der Waals surface area contributed by atoms with Crippen molar-refractivity contribution < 1.29 is 18.9 Å². The van der Waals surface area contributed by atoms with Crippen molar-refractivity contribution in [1.82, 2.24) is 0 Å². The van der Waals surface area contributed by atoms with Crippen LogP contribution in [0.15, 0.2) is 0 Å². The summed E-state index contributed by atoms with van der Waals surface area (Å²) in [5, 5.41) is 0. The van der Waals surface area contributed by atoms with Crippen LogP contribution < -0.4 is 18.9 Å². The van der Waals surface area contributed by atoms with E-state index in [0.29, 0.717) is 0 Å². The van der Waals surface area contributed by atoms with Crippen LogP contribution in [0.1, 0.15) is 0 Å². The fourth-order valence-corrected chi connectivity index (χ4v) is 0. The Morgan fingerprint density at radius 3 is 1.00 bits per heavy atom. The molecule has 0 spiro atoms. The molecule has 0 aromatic rings. The average Bonchev–Trinajstić information content (AvgIpc) is 0.811. The number of hydrogen-bond acceptors (Lipinski definition) is 0. The summed E-state index contributed by atoms with van der Waals surface area (Å²) in [7, 11) is -0.139. The Kier molecular flexibility index (Phi) is 24.4. The van der Waals surface area contributed by atoms with Crippen molar-refractivity contribution in [1.29, 1.82) is 0 Å². The quantitative estimate of drug-likeness (QED) is 0.341. The van der Waals surface area contributed by atoms with Gasteiger partial charge >= 0.3 is 18.9 Å². The van der Waals surface area contributed by atoms with Gasteiger partial charge in [0.05, 0.1) is 0 Å². The molecule has 0 aromatic heterocycles. The van der Waals surface area contributed by atoms with Crippen LogP contribution in [-0.4, -0.2) is 8.80 Å². The van der Waals surface area contributed by atoms with E-state index in [2.05, 4.69) is 19.6 Å². The van der Waals surface area contributed by atoms with Gasteiger partial charge in [0.2, 0.25) is 0 Å². The predicted molar refractivity (Wildman–Crippen MR) is 30.0 cm³/mol. The molecule has 1 nitrogen and oxygen atoms in total. The maximum atomic E-state index is 2.31. The van der Waals surface area contributed by atoms with E-state index in [1.807, 2.05) is 0 Å². The van der Waals surface area contributed by atoms with E-state index in [1.54, 1.807) is 0 Å². The summed E-state index contributed by atoms with van der Waals surface area (Å²) >= 11 is 0. The van der Waals surface area contributed by atoms with E-state index < -0.39 is 0 Å². The van der Waals surface area contributed by atoms with Gasteiger partial charge in [0.25, 0.3) is 0 Å². The Balaban J connectivity index is -0.0000000450. The molecule has 0 unspecified atom stereocenters. The molecule has 3 heteroatoms. The van der Waals surface area contributed by atoms with Crippen molar-refractivity contribution >= 4 is 8.80 Å². The molecule has 0 saturated carbocycles. The van der Waals surface area contributed by atoms with Crippen LogP contribution >= 0.6 is 0 Å². The van der Waals surface area contributed by atoms with Gasteiger partial charge in [-0.05, 0) is 0 Å². The van der Waals surface area contributed by atoms with E-state index in [4.69, 9.17) is 0 Å². The van der Waals surface area contributed by atoms with Crippen LogP contribution in [0.4, 0.5) is 0 Å². The second-order valence-corrected chi connectivity index (χ2v) is 5.20. The molecule has 0 heterocycles. The third-order valence-electron chi connectivity index (χ3n) is 0. The van der Waals surface area contributed by atoms with E-state index in [1.165, 1.54) is 0 Å². The van der Waals surface area contributed by atoms with Crippen LogP contribution in [0.25, 0.3) is 6.15 Å². The summed E-state index contributed by atoms with van der Waals surface area (Å²) < 4.78 is 0. The second-order valence-electron chi connectivity index (χ2n) is 1.73. The second kappa shape index (κ2) is 9.24. The molecule has 0 aliphatic rings. The molecular formula is C3H12LiNSi. The van der Waals surface area contributed by atoms with Crippen molar-refractivity contribution in [2.45, 2.75) is 19.6 Å². The van der Waals surface area contributed by atoms with Gasteiger partial charge in [-0.15, -0.1) is 0 Å². The minimum absolute atomic E-state index is 0. The van der Waals surface area contributed by atoms with Gasteiger partial charge in [-0.25, -0.2) is 0 Å². The smallest absolute Gasteiger partial charge is 0.693 e. The maximum Gasteiger partial charge on any atom is 1.00 e. The average molecular weight is 97.2 g/mol. The van der Waals surface area contributed by atoms with Crippen molar-refractivity contribution in [2.75, 3.05) is 0 Å². The topological polar surface area (TPSA) is 33.5 Å². The van der Waals surface area contributed by atoms with Gasteiger partial charge in [-0.1, -0.05) is 19.6 Å². The van der Waals surface area contributed by atoms with Crippen molar-refractivity contribution in [3.05, 3.63) is 6.15 Å². The standard InChI is InChI=1S/C3H10Si.Li.H2N/c1-4(2)3;;/h4H,1-3H3;;1H2/q;+1;-1. The molecule has 0 aliphatic heterocycles. The number of rotatable bonds is 0. The van der Waals surface area contributed by atoms with Gasteiger partial charge in [0, 0.05) is 8.80 Å². The first-order valence-corrected chi connectivity index (χ1v) is 5.20. The fourth-order valence-electron chi connectivity index (χ4n) is 0. The van der Waals surface area contributed by atoms with Crippen molar-refractivity contribution in [2.24, 2.45) is 0 Å². The predicted octanol–water partition coefficient (Wildman–Crippen LogP) is -1.18. The van der Waals surface area contributed by atoms with Crippen LogP contribution in [0.3, 0.4) is 0 Å². The molecule has 0 amide bonds.